The molecule has 0 aliphatic carbocycles. The van der Waals surface area contributed by atoms with Crippen LogP contribution in [0, 0.1) is 0 Å². The normalized spacial score (nSPS) is 10.5. The van der Waals surface area contributed by atoms with Crippen molar-refractivity contribution in [2.75, 3.05) is 19.7 Å². The summed E-state index contributed by atoms with van der Waals surface area (Å²) in [6, 6.07) is 8.42. The molecule has 0 atom stereocenters. The second kappa shape index (κ2) is 7.85. The van der Waals surface area contributed by atoms with Crippen LogP contribution >= 0.6 is 15.9 Å². The second-order valence-corrected chi connectivity index (χ2v) is 4.47. The van der Waals surface area contributed by atoms with E-state index in [-0.39, 0.29) is 0 Å². The molecule has 0 spiro atoms. The molecule has 15 heavy (non-hydrogen) atoms. The number of aliphatic hydroxyl groups is 1. The summed E-state index contributed by atoms with van der Waals surface area (Å²) >= 11 is 3.42. The first-order valence-electron chi connectivity index (χ1n) is 5.39. The Morgan fingerprint density at radius 2 is 1.80 bits per heavy atom. The van der Waals surface area contributed by atoms with E-state index in [2.05, 4.69) is 45.5 Å². The Morgan fingerprint density at radius 1 is 1.07 bits per heavy atom. The van der Waals surface area contributed by atoms with E-state index in [1.165, 1.54) is 5.56 Å². The number of aliphatic hydroxyl groups excluding tert-OH is 1. The molecular weight excluding hydrogens is 254 g/mol. The van der Waals surface area contributed by atoms with Crippen molar-refractivity contribution >= 4 is 15.9 Å². The first-order valence-corrected chi connectivity index (χ1v) is 6.18. The van der Waals surface area contributed by atoms with E-state index in [1.807, 2.05) is 0 Å². The zero-order chi connectivity index (χ0) is 10.9. The Morgan fingerprint density at radius 3 is 2.47 bits per heavy atom. The van der Waals surface area contributed by atoms with Gasteiger partial charge in [0.2, 0.25) is 0 Å². The summed E-state index contributed by atoms with van der Waals surface area (Å²) in [7, 11) is 0. The number of halogens is 1. The number of hydrogen-bond donors (Lipinski definition) is 2. The van der Waals surface area contributed by atoms with Gasteiger partial charge in [0.05, 0.1) is 0 Å². The molecule has 0 aromatic heterocycles. The zero-order valence-electron chi connectivity index (χ0n) is 8.88. The van der Waals surface area contributed by atoms with E-state index in [1.54, 1.807) is 0 Å². The fourth-order valence-corrected chi connectivity index (χ4v) is 1.63. The average Bonchev–Trinajstić information content (AvgIpc) is 2.26. The molecule has 3 heteroatoms. The van der Waals surface area contributed by atoms with Crippen LogP contribution in [-0.2, 0) is 6.42 Å². The highest BCUT2D eigenvalue weighted by Crippen LogP contribution is 2.10. The molecule has 0 saturated carbocycles. The summed E-state index contributed by atoms with van der Waals surface area (Å²) in [6.07, 6.45) is 3.01. The van der Waals surface area contributed by atoms with E-state index >= 15 is 0 Å². The monoisotopic (exact) mass is 271 g/mol. The molecule has 0 bridgehead atoms. The number of rotatable bonds is 7. The maximum atomic E-state index is 8.59. The summed E-state index contributed by atoms with van der Waals surface area (Å²) in [6.45, 7) is 2.30. The lowest BCUT2D eigenvalue weighted by Gasteiger charge is -2.04. The van der Waals surface area contributed by atoms with Crippen molar-refractivity contribution < 1.29 is 5.11 Å². The van der Waals surface area contributed by atoms with Crippen molar-refractivity contribution in [1.82, 2.24) is 5.32 Å². The van der Waals surface area contributed by atoms with Crippen LogP contribution < -0.4 is 5.32 Å². The molecular formula is C12H18BrNO. The summed E-state index contributed by atoms with van der Waals surface area (Å²) in [4.78, 5) is 0. The van der Waals surface area contributed by atoms with Crippen LogP contribution in [0.3, 0.4) is 0 Å². The Kier molecular flexibility index (Phi) is 6.64. The standard InChI is InChI=1S/C12H18BrNO/c13-12-5-3-11(4-6-12)7-9-14-8-1-2-10-15/h3-6,14-15H,1-2,7-10H2. The first-order chi connectivity index (χ1) is 7.33. The fraction of sp³-hybridized carbons (Fsp3) is 0.500. The highest BCUT2D eigenvalue weighted by Gasteiger charge is 1.93. The minimum absolute atomic E-state index is 0.300. The quantitative estimate of drug-likeness (QED) is 0.747. The van der Waals surface area contributed by atoms with Crippen LogP contribution in [0.1, 0.15) is 18.4 Å². The Balaban J connectivity index is 2.07. The molecule has 0 aliphatic heterocycles. The maximum absolute atomic E-state index is 8.59. The highest BCUT2D eigenvalue weighted by atomic mass is 79.9. The van der Waals surface area contributed by atoms with Crippen LogP contribution in [0.2, 0.25) is 0 Å². The van der Waals surface area contributed by atoms with Gasteiger partial charge in [-0.05, 0) is 50.0 Å². The van der Waals surface area contributed by atoms with Gasteiger partial charge in [0.1, 0.15) is 0 Å². The molecule has 2 nitrogen and oxygen atoms in total. The molecule has 2 N–H and O–H groups in total. The minimum Gasteiger partial charge on any atom is -0.396 e. The lowest BCUT2D eigenvalue weighted by Crippen LogP contribution is -2.18. The van der Waals surface area contributed by atoms with Crippen molar-refractivity contribution in [3.8, 4) is 0 Å². The lowest BCUT2D eigenvalue weighted by molar-refractivity contribution is 0.284. The van der Waals surface area contributed by atoms with E-state index in [4.69, 9.17) is 5.11 Å². The van der Waals surface area contributed by atoms with Gasteiger partial charge in [-0.1, -0.05) is 28.1 Å². The molecule has 0 saturated heterocycles. The van der Waals surface area contributed by atoms with Gasteiger partial charge in [-0.3, -0.25) is 0 Å². The first kappa shape index (κ1) is 12.7. The van der Waals surface area contributed by atoms with Crippen molar-refractivity contribution in [2.45, 2.75) is 19.3 Å². The van der Waals surface area contributed by atoms with Crippen molar-refractivity contribution in [3.05, 3.63) is 34.3 Å². The van der Waals surface area contributed by atoms with Gasteiger partial charge in [-0.25, -0.2) is 0 Å². The van der Waals surface area contributed by atoms with Crippen LogP contribution in [0.4, 0.5) is 0 Å². The van der Waals surface area contributed by atoms with Crippen LogP contribution in [0.5, 0.6) is 0 Å². The fourth-order valence-electron chi connectivity index (χ4n) is 1.37. The summed E-state index contributed by atoms with van der Waals surface area (Å²) in [5, 5.41) is 12.0. The van der Waals surface area contributed by atoms with E-state index in [0.29, 0.717) is 6.61 Å². The van der Waals surface area contributed by atoms with Crippen molar-refractivity contribution in [2.24, 2.45) is 0 Å². The molecule has 84 valence electrons. The number of unbranched alkanes of at least 4 members (excludes halogenated alkanes) is 1. The third kappa shape index (κ3) is 5.92. The number of nitrogens with one attached hydrogen (secondary N) is 1. The van der Waals surface area contributed by atoms with Crippen LogP contribution in [-0.4, -0.2) is 24.8 Å². The van der Waals surface area contributed by atoms with E-state index in [9.17, 15) is 0 Å². The SMILES string of the molecule is OCCCCNCCc1ccc(Br)cc1. The maximum Gasteiger partial charge on any atom is 0.0431 e. The Bertz CT molecular complexity index is 261. The van der Waals surface area contributed by atoms with Crippen LogP contribution in [0.25, 0.3) is 0 Å². The third-order valence-electron chi connectivity index (χ3n) is 2.27. The molecule has 0 radical (unpaired) electrons. The topological polar surface area (TPSA) is 32.3 Å². The molecule has 1 aromatic rings. The molecule has 1 aromatic carbocycles. The Hall–Kier alpha value is -0.380. The molecule has 1 rings (SSSR count). The Labute approximate surface area is 99.8 Å². The zero-order valence-corrected chi connectivity index (χ0v) is 10.5. The average molecular weight is 272 g/mol. The van der Waals surface area contributed by atoms with E-state index < -0.39 is 0 Å². The second-order valence-electron chi connectivity index (χ2n) is 3.56. The molecule has 0 unspecified atom stereocenters. The largest absolute Gasteiger partial charge is 0.396 e. The van der Waals surface area contributed by atoms with Crippen LogP contribution in [0.15, 0.2) is 28.7 Å². The van der Waals surface area contributed by atoms with Gasteiger partial charge in [0.25, 0.3) is 0 Å². The predicted octanol–water partition coefficient (Wildman–Crippen LogP) is 2.35. The minimum atomic E-state index is 0.300. The third-order valence-corrected chi connectivity index (χ3v) is 2.79. The predicted molar refractivity (Wildman–Crippen MR) is 67.0 cm³/mol. The van der Waals surface area contributed by atoms with Crippen molar-refractivity contribution in [3.63, 3.8) is 0 Å². The van der Waals surface area contributed by atoms with Gasteiger partial charge in [-0.2, -0.15) is 0 Å². The summed E-state index contributed by atoms with van der Waals surface area (Å²) in [5.74, 6) is 0. The molecule has 0 aliphatic rings. The number of hydrogen-bond acceptors (Lipinski definition) is 2. The molecule has 0 fully saturated rings. The lowest BCUT2D eigenvalue weighted by atomic mass is 10.1. The number of benzene rings is 1. The van der Waals surface area contributed by atoms with E-state index in [0.717, 1.165) is 36.8 Å². The van der Waals surface area contributed by atoms with Gasteiger partial charge >= 0.3 is 0 Å². The van der Waals surface area contributed by atoms with Crippen molar-refractivity contribution in [1.29, 1.82) is 0 Å². The molecule has 0 heterocycles. The highest BCUT2D eigenvalue weighted by molar-refractivity contribution is 9.10. The van der Waals surface area contributed by atoms with Gasteiger partial charge < -0.3 is 10.4 Å². The summed E-state index contributed by atoms with van der Waals surface area (Å²) < 4.78 is 1.13. The molecule has 0 amide bonds. The van der Waals surface area contributed by atoms with Gasteiger partial charge in [0.15, 0.2) is 0 Å². The summed E-state index contributed by atoms with van der Waals surface area (Å²) in [5.41, 5.74) is 1.35. The van der Waals surface area contributed by atoms with Gasteiger partial charge in [-0.15, -0.1) is 0 Å². The smallest absolute Gasteiger partial charge is 0.0431 e. The van der Waals surface area contributed by atoms with Gasteiger partial charge in [0, 0.05) is 11.1 Å².